The number of hydrogen-bond donors (Lipinski definition) is 2. The van der Waals surface area contributed by atoms with E-state index in [1.54, 1.807) is 24.3 Å². The lowest BCUT2D eigenvalue weighted by atomic mass is 10.2. The van der Waals surface area contributed by atoms with Gasteiger partial charge in [-0.2, -0.15) is 0 Å². The third-order valence-electron chi connectivity index (χ3n) is 3.79. The molecule has 1 aliphatic rings. The van der Waals surface area contributed by atoms with E-state index in [0.717, 1.165) is 10.6 Å². The number of carbonyl (C=O) groups is 2. The number of piperazine rings is 1. The Hall–Kier alpha value is -1.89. The molecule has 1 heterocycles. The van der Waals surface area contributed by atoms with Crippen molar-refractivity contribution in [1.82, 2.24) is 5.32 Å². The Morgan fingerprint density at radius 2 is 1.96 bits per heavy atom. The number of rotatable bonds is 5. The topological polar surface area (TPSA) is 61.4 Å². The Morgan fingerprint density at radius 1 is 1.19 bits per heavy atom. The zero-order valence-electron chi connectivity index (χ0n) is 13.8. The zero-order valence-corrected chi connectivity index (χ0v) is 16.1. The molecule has 1 saturated heterocycles. The van der Waals surface area contributed by atoms with Gasteiger partial charge in [0, 0.05) is 28.7 Å². The van der Waals surface area contributed by atoms with Gasteiger partial charge < -0.3 is 15.5 Å². The molecule has 0 spiro atoms. The van der Waals surface area contributed by atoms with Gasteiger partial charge in [-0.05, 0) is 42.5 Å². The van der Waals surface area contributed by atoms with Crippen LogP contribution in [0, 0.1) is 0 Å². The van der Waals surface area contributed by atoms with Crippen LogP contribution in [0.2, 0.25) is 10.0 Å². The summed E-state index contributed by atoms with van der Waals surface area (Å²) in [5, 5.41) is 6.78. The molecule has 0 aromatic heterocycles. The van der Waals surface area contributed by atoms with E-state index in [1.807, 2.05) is 23.1 Å². The lowest BCUT2D eigenvalue weighted by molar-refractivity contribution is -0.120. The molecule has 0 aliphatic carbocycles. The summed E-state index contributed by atoms with van der Waals surface area (Å²) in [6.45, 7) is 1.58. The van der Waals surface area contributed by atoms with Crippen molar-refractivity contribution in [2.45, 2.75) is 4.90 Å². The Bertz CT molecular complexity index is 815. The molecule has 0 atom stereocenters. The van der Waals surface area contributed by atoms with E-state index in [9.17, 15) is 9.59 Å². The summed E-state index contributed by atoms with van der Waals surface area (Å²) in [6, 6.07) is 12.7. The monoisotopic (exact) mass is 409 g/mol. The van der Waals surface area contributed by atoms with Crippen LogP contribution in [-0.4, -0.2) is 37.2 Å². The SMILES string of the molecule is O=C1CN(c2ccc(NC(=O)CSc3ccc(Cl)cc3)cc2Cl)CCN1. The van der Waals surface area contributed by atoms with Crippen molar-refractivity contribution < 1.29 is 9.59 Å². The first kappa shape index (κ1) is 18.9. The van der Waals surface area contributed by atoms with Gasteiger partial charge in [0.15, 0.2) is 0 Å². The van der Waals surface area contributed by atoms with Crippen LogP contribution < -0.4 is 15.5 Å². The molecule has 1 fully saturated rings. The molecule has 0 saturated carbocycles. The fourth-order valence-corrected chi connectivity index (χ4v) is 3.69. The number of carbonyl (C=O) groups excluding carboxylic acids is 2. The molecule has 0 radical (unpaired) electrons. The normalized spacial score (nSPS) is 14.1. The number of anilines is 2. The smallest absolute Gasteiger partial charge is 0.239 e. The van der Waals surface area contributed by atoms with Crippen LogP contribution in [0.5, 0.6) is 0 Å². The summed E-state index contributed by atoms with van der Waals surface area (Å²) in [5.74, 6) is 0.142. The van der Waals surface area contributed by atoms with Crippen molar-refractivity contribution in [3.05, 3.63) is 52.5 Å². The van der Waals surface area contributed by atoms with Crippen molar-refractivity contribution in [2.75, 3.05) is 35.6 Å². The Morgan fingerprint density at radius 3 is 2.65 bits per heavy atom. The van der Waals surface area contributed by atoms with Crippen molar-refractivity contribution in [3.63, 3.8) is 0 Å². The first-order valence-electron chi connectivity index (χ1n) is 8.01. The first-order valence-corrected chi connectivity index (χ1v) is 9.75. The number of amides is 2. The van der Waals surface area contributed by atoms with Crippen molar-refractivity contribution in [1.29, 1.82) is 0 Å². The van der Waals surface area contributed by atoms with Gasteiger partial charge in [-0.25, -0.2) is 0 Å². The van der Waals surface area contributed by atoms with E-state index >= 15 is 0 Å². The van der Waals surface area contributed by atoms with Crippen LogP contribution >= 0.6 is 35.0 Å². The van der Waals surface area contributed by atoms with Gasteiger partial charge in [0.25, 0.3) is 0 Å². The van der Waals surface area contributed by atoms with Crippen LogP contribution in [0.4, 0.5) is 11.4 Å². The van der Waals surface area contributed by atoms with E-state index < -0.39 is 0 Å². The van der Waals surface area contributed by atoms with E-state index in [2.05, 4.69) is 10.6 Å². The summed E-state index contributed by atoms with van der Waals surface area (Å²) in [4.78, 5) is 26.5. The average molecular weight is 410 g/mol. The third-order valence-corrected chi connectivity index (χ3v) is 5.36. The number of hydrogen-bond acceptors (Lipinski definition) is 4. The second-order valence-corrected chi connectivity index (χ2v) is 7.62. The molecule has 26 heavy (non-hydrogen) atoms. The Kier molecular flexibility index (Phi) is 6.29. The molecule has 2 aromatic carbocycles. The van der Waals surface area contributed by atoms with Gasteiger partial charge in [0.1, 0.15) is 0 Å². The fraction of sp³-hybridized carbons (Fsp3) is 0.222. The van der Waals surface area contributed by atoms with E-state index in [4.69, 9.17) is 23.2 Å². The Labute approximate surface area is 166 Å². The summed E-state index contributed by atoms with van der Waals surface area (Å²) in [5.41, 5.74) is 1.41. The van der Waals surface area contributed by atoms with Crippen LogP contribution in [0.25, 0.3) is 0 Å². The maximum atomic E-state index is 12.1. The zero-order chi connectivity index (χ0) is 18.5. The number of benzene rings is 2. The number of nitrogens with zero attached hydrogens (tertiary/aromatic N) is 1. The fourth-order valence-electron chi connectivity index (χ4n) is 2.56. The highest BCUT2D eigenvalue weighted by atomic mass is 35.5. The molecule has 0 bridgehead atoms. The van der Waals surface area contributed by atoms with Gasteiger partial charge >= 0.3 is 0 Å². The van der Waals surface area contributed by atoms with Crippen LogP contribution in [-0.2, 0) is 9.59 Å². The third kappa shape index (κ3) is 5.06. The van der Waals surface area contributed by atoms with Gasteiger partial charge in [0.05, 0.1) is 23.0 Å². The van der Waals surface area contributed by atoms with Gasteiger partial charge in [0.2, 0.25) is 11.8 Å². The standard InChI is InChI=1S/C18H17Cl2N3O2S/c19-12-1-4-14(5-2-12)26-11-18(25)22-13-3-6-16(15(20)9-13)23-8-7-21-17(24)10-23/h1-6,9H,7-8,10-11H2,(H,21,24)(H,22,25). The quantitative estimate of drug-likeness (QED) is 0.739. The van der Waals surface area contributed by atoms with E-state index in [1.165, 1.54) is 11.8 Å². The highest BCUT2D eigenvalue weighted by Crippen LogP contribution is 2.29. The maximum absolute atomic E-state index is 12.1. The molecule has 8 heteroatoms. The second-order valence-electron chi connectivity index (χ2n) is 5.73. The predicted octanol–water partition coefficient (Wildman–Crippen LogP) is 3.66. The molecule has 2 amide bonds. The molecule has 0 unspecified atom stereocenters. The highest BCUT2D eigenvalue weighted by Gasteiger charge is 2.18. The van der Waals surface area contributed by atoms with E-state index in [0.29, 0.717) is 28.8 Å². The van der Waals surface area contributed by atoms with Crippen molar-refractivity contribution in [2.24, 2.45) is 0 Å². The molecular formula is C18H17Cl2N3O2S. The summed E-state index contributed by atoms with van der Waals surface area (Å²) in [7, 11) is 0. The van der Waals surface area contributed by atoms with Gasteiger partial charge in [-0.3, -0.25) is 9.59 Å². The molecule has 136 valence electrons. The van der Waals surface area contributed by atoms with Gasteiger partial charge in [-0.15, -0.1) is 11.8 Å². The van der Waals surface area contributed by atoms with Crippen LogP contribution in [0.3, 0.4) is 0 Å². The summed E-state index contributed by atoms with van der Waals surface area (Å²) in [6.07, 6.45) is 0. The predicted molar refractivity (Wildman–Crippen MR) is 107 cm³/mol. The molecule has 1 aliphatic heterocycles. The Balaban J connectivity index is 1.57. The number of thioether (sulfide) groups is 1. The molecule has 3 rings (SSSR count). The molecule has 5 nitrogen and oxygen atoms in total. The summed E-state index contributed by atoms with van der Waals surface area (Å²) >= 11 is 13.6. The van der Waals surface area contributed by atoms with E-state index in [-0.39, 0.29) is 24.1 Å². The van der Waals surface area contributed by atoms with Crippen molar-refractivity contribution in [3.8, 4) is 0 Å². The lowest BCUT2D eigenvalue weighted by Gasteiger charge is -2.29. The average Bonchev–Trinajstić information content (AvgIpc) is 2.61. The highest BCUT2D eigenvalue weighted by molar-refractivity contribution is 8.00. The molecule has 2 aromatic rings. The maximum Gasteiger partial charge on any atom is 0.239 e. The largest absolute Gasteiger partial charge is 0.359 e. The van der Waals surface area contributed by atoms with Crippen LogP contribution in [0.15, 0.2) is 47.4 Å². The first-order chi connectivity index (χ1) is 12.5. The lowest BCUT2D eigenvalue weighted by Crippen LogP contribution is -2.47. The number of halogens is 2. The molecule has 2 N–H and O–H groups in total. The van der Waals surface area contributed by atoms with Crippen molar-refractivity contribution >= 4 is 58.2 Å². The minimum Gasteiger partial charge on any atom is -0.359 e. The minimum absolute atomic E-state index is 0.0241. The number of nitrogens with one attached hydrogen (secondary N) is 2. The minimum atomic E-state index is -0.119. The molecular weight excluding hydrogens is 393 g/mol. The second kappa shape index (κ2) is 8.66. The summed E-state index contributed by atoms with van der Waals surface area (Å²) < 4.78 is 0. The van der Waals surface area contributed by atoms with Gasteiger partial charge in [-0.1, -0.05) is 23.2 Å². The van der Waals surface area contributed by atoms with Crippen LogP contribution in [0.1, 0.15) is 0 Å².